The van der Waals surface area contributed by atoms with Crippen molar-refractivity contribution in [1.82, 2.24) is 10.6 Å². The van der Waals surface area contributed by atoms with Crippen molar-refractivity contribution in [2.75, 3.05) is 20.3 Å². The molecule has 106 valence electrons. The highest BCUT2D eigenvalue weighted by Crippen LogP contribution is 2.18. The summed E-state index contributed by atoms with van der Waals surface area (Å²) in [5.74, 6) is 0. The Labute approximate surface area is 121 Å². The molecule has 0 heterocycles. The van der Waals surface area contributed by atoms with Gasteiger partial charge in [-0.3, -0.25) is 0 Å². The third-order valence-electron chi connectivity index (χ3n) is 3.05. The molecule has 0 radical (unpaired) electrons. The lowest BCUT2D eigenvalue weighted by molar-refractivity contribution is 0.195. The number of hydrogen-bond donors (Lipinski definition) is 2. The third-order valence-corrected chi connectivity index (χ3v) is 3.31. The van der Waals surface area contributed by atoms with Gasteiger partial charge in [-0.2, -0.15) is 0 Å². The number of methoxy groups -OCH3 is 1. The van der Waals surface area contributed by atoms with Crippen molar-refractivity contribution < 1.29 is 4.74 Å². The molecular formula is C15H24N2OS. The molecule has 0 bridgehead atoms. The van der Waals surface area contributed by atoms with Crippen molar-refractivity contribution in [1.29, 1.82) is 0 Å². The Morgan fingerprint density at radius 2 is 2.11 bits per heavy atom. The van der Waals surface area contributed by atoms with Crippen molar-refractivity contribution in [3.05, 3.63) is 34.9 Å². The summed E-state index contributed by atoms with van der Waals surface area (Å²) in [6.45, 7) is 7.95. The van der Waals surface area contributed by atoms with Gasteiger partial charge in [0.2, 0.25) is 0 Å². The van der Waals surface area contributed by atoms with Crippen LogP contribution in [0.25, 0.3) is 0 Å². The highest BCUT2D eigenvalue weighted by atomic mass is 32.1. The molecular weight excluding hydrogens is 256 g/mol. The first kappa shape index (κ1) is 15.9. The lowest BCUT2D eigenvalue weighted by atomic mass is 10.0. The van der Waals surface area contributed by atoms with Crippen LogP contribution in [0.2, 0.25) is 0 Å². The molecule has 0 aliphatic carbocycles. The summed E-state index contributed by atoms with van der Waals surface area (Å²) in [6, 6.07) is 6.71. The second-order valence-electron chi connectivity index (χ2n) is 4.83. The summed E-state index contributed by atoms with van der Waals surface area (Å²) in [6.07, 6.45) is 0.955. The van der Waals surface area contributed by atoms with E-state index >= 15 is 0 Å². The van der Waals surface area contributed by atoms with E-state index < -0.39 is 0 Å². The van der Waals surface area contributed by atoms with E-state index in [1.807, 2.05) is 0 Å². The fraction of sp³-hybridized carbons (Fsp3) is 0.533. The molecule has 0 amide bonds. The lowest BCUT2D eigenvalue weighted by Crippen LogP contribution is -2.37. The molecule has 0 spiro atoms. The first-order chi connectivity index (χ1) is 9.04. The molecule has 0 aromatic heterocycles. The Morgan fingerprint density at radius 1 is 1.37 bits per heavy atom. The number of ether oxygens (including phenoxy) is 1. The van der Waals surface area contributed by atoms with Gasteiger partial charge in [-0.15, -0.1) is 0 Å². The fourth-order valence-electron chi connectivity index (χ4n) is 2.06. The van der Waals surface area contributed by atoms with E-state index in [9.17, 15) is 0 Å². The minimum atomic E-state index is 0.211. The molecule has 1 atom stereocenters. The van der Waals surface area contributed by atoms with Crippen LogP contribution in [0.3, 0.4) is 0 Å². The van der Waals surface area contributed by atoms with Crippen molar-refractivity contribution in [2.24, 2.45) is 0 Å². The number of benzene rings is 1. The Hall–Kier alpha value is -1.13. The van der Waals surface area contributed by atoms with Gasteiger partial charge in [0.25, 0.3) is 0 Å². The van der Waals surface area contributed by atoms with Gasteiger partial charge in [0.05, 0.1) is 6.04 Å². The maximum Gasteiger partial charge on any atom is 0.166 e. The quantitative estimate of drug-likeness (QED) is 0.620. The van der Waals surface area contributed by atoms with Crippen LogP contribution in [0, 0.1) is 13.8 Å². The van der Waals surface area contributed by atoms with Crippen molar-refractivity contribution >= 4 is 17.3 Å². The Bertz CT molecular complexity index is 421. The highest BCUT2D eigenvalue weighted by molar-refractivity contribution is 7.80. The molecule has 0 fully saturated rings. The second-order valence-corrected chi connectivity index (χ2v) is 5.24. The Kier molecular flexibility index (Phi) is 6.81. The normalized spacial score (nSPS) is 12.0. The zero-order valence-corrected chi connectivity index (χ0v) is 13.1. The van der Waals surface area contributed by atoms with Gasteiger partial charge in [0.1, 0.15) is 0 Å². The number of hydrogen-bond acceptors (Lipinski definition) is 2. The van der Waals surface area contributed by atoms with Gasteiger partial charge in [-0.1, -0.05) is 23.8 Å². The summed E-state index contributed by atoms with van der Waals surface area (Å²) in [7, 11) is 1.71. The molecule has 0 aliphatic rings. The zero-order chi connectivity index (χ0) is 14.3. The summed E-state index contributed by atoms with van der Waals surface area (Å²) >= 11 is 5.29. The monoisotopic (exact) mass is 280 g/mol. The summed E-state index contributed by atoms with van der Waals surface area (Å²) in [5.41, 5.74) is 3.86. The van der Waals surface area contributed by atoms with Crippen LogP contribution in [-0.2, 0) is 4.74 Å². The summed E-state index contributed by atoms with van der Waals surface area (Å²) < 4.78 is 5.00. The number of rotatable bonds is 6. The largest absolute Gasteiger partial charge is 0.385 e. The second kappa shape index (κ2) is 8.12. The molecule has 3 nitrogen and oxygen atoms in total. The van der Waals surface area contributed by atoms with Crippen LogP contribution in [0.4, 0.5) is 0 Å². The Morgan fingerprint density at radius 3 is 2.74 bits per heavy atom. The SMILES string of the molecule is COCCCNC(=S)NC(C)c1ccc(C)cc1C. The predicted molar refractivity (Wildman–Crippen MR) is 84.6 cm³/mol. The molecule has 0 saturated heterocycles. The van der Waals surface area contributed by atoms with Gasteiger partial charge in [-0.25, -0.2) is 0 Å². The van der Waals surface area contributed by atoms with E-state index in [-0.39, 0.29) is 6.04 Å². The highest BCUT2D eigenvalue weighted by Gasteiger charge is 2.09. The molecule has 19 heavy (non-hydrogen) atoms. The molecule has 1 aromatic carbocycles. The number of thiocarbonyl (C=S) groups is 1. The lowest BCUT2D eigenvalue weighted by Gasteiger charge is -2.19. The van der Waals surface area contributed by atoms with Gasteiger partial charge >= 0.3 is 0 Å². The van der Waals surface area contributed by atoms with Crippen LogP contribution >= 0.6 is 12.2 Å². The molecule has 0 saturated carbocycles. The number of nitrogens with one attached hydrogen (secondary N) is 2. The molecule has 1 unspecified atom stereocenters. The van der Waals surface area contributed by atoms with Crippen molar-refractivity contribution in [3.8, 4) is 0 Å². The van der Waals surface area contributed by atoms with Gasteiger partial charge in [-0.05, 0) is 50.5 Å². The average Bonchev–Trinajstić information content (AvgIpc) is 2.34. The fourth-order valence-corrected chi connectivity index (χ4v) is 2.33. The van der Waals surface area contributed by atoms with E-state index in [0.29, 0.717) is 5.11 Å². The summed E-state index contributed by atoms with van der Waals surface area (Å²) in [4.78, 5) is 0. The third kappa shape index (κ3) is 5.57. The molecule has 1 rings (SSSR count). The van der Waals surface area contributed by atoms with Gasteiger partial charge < -0.3 is 15.4 Å². The zero-order valence-electron chi connectivity index (χ0n) is 12.2. The van der Waals surface area contributed by atoms with E-state index in [0.717, 1.165) is 19.6 Å². The maximum absolute atomic E-state index is 5.29. The summed E-state index contributed by atoms with van der Waals surface area (Å²) in [5, 5.41) is 7.20. The van der Waals surface area contributed by atoms with Crippen LogP contribution < -0.4 is 10.6 Å². The average molecular weight is 280 g/mol. The van der Waals surface area contributed by atoms with Crippen LogP contribution in [0.5, 0.6) is 0 Å². The predicted octanol–water partition coefficient (Wildman–Crippen LogP) is 2.87. The van der Waals surface area contributed by atoms with Crippen LogP contribution in [0.15, 0.2) is 18.2 Å². The Balaban J connectivity index is 2.45. The van der Waals surface area contributed by atoms with E-state index in [2.05, 4.69) is 49.6 Å². The molecule has 4 heteroatoms. The van der Waals surface area contributed by atoms with E-state index in [4.69, 9.17) is 17.0 Å². The molecule has 1 aromatic rings. The topological polar surface area (TPSA) is 33.3 Å². The van der Waals surface area contributed by atoms with Crippen LogP contribution in [0.1, 0.15) is 36.1 Å². The minimum absolute atomic E-state index is 0.211. The van der Waals surface area contributed by atoms with Crippen LogP contribution in [-0.4, -0.2) is 25.4 Å². The first-order valence-corrected chi connectivity index (χ1v) is 7.06. The van der Waals surface area contributed by atoms with E-state index in [1.54, 1.807) is 7.11 Å². The smallest absolute Gasteiger partial charge is 0.166 e. The number of aryl methyl sites for hydroxylation is 2. The van der Waals surface area contributed by atoms with Crippen molar-refractivity contribution in [3.63, 3.8) is 0 Å². The van der Waals surface area contributed by atoms with Gasteiger partial charge in [0, 0.05) is 20.3 Å². The maximum atomic E-state index is 5.29. The standard InChI is InChI=1S/C15H24N2OS/c1-11-6-7-14(12(2)10-11)13(3)17-15(19)16-8-5-9-18-4/h6-7,10,13H,5,8-9H2,1-4H3,(H2,16,17,19). The van der Waals surface area contributed by atoms with Crippen molar-refractivity contribution in [2.45, 2.75) is 33.2 Å². The first-order valence-electron chi connectivity index (χ1n) is 6.65. The molecule has 0 aliphatic heterocycles. The van der Waals surface area contributed by atoms with Gasteiger partial charge in [0.15, 0.2) is 5.11 Å². The molecule has 2 N–H and O–H groups in total. The minimum Gasteiger partial charge on any atom is -0.385 e. The van der Waals surface area contributed by atoms with E-state index in [1.165, 1.54) is 16.7 Å².